The van der Waals surface area contributed by atoms with Crippen LogP contribution in [0.2, 0.25) is 5.02 Å². The van der Waals surface area contributed by atoms with Gasteiger partial charge in [0.05, 0.1) is 17.3 Å². The summed E-state index contributed by atoms with van der Waals surface area (Å²) in [5.74, 6) is 0.769. The van der Waals surface area contributed by atoms with Crippen LogP contribution in [-0.2, 0) is 9.59 Å². The Kier molecular flexibility index (Phi) is 6.65. The van der Waals surface area contributed by atoms with Crippen molar-refractivity contribution in [2.45, 2.75) is 13.8 Å². The third-order valence-corrected chi connectivity index (χ3v) is 3.38. The van der Waals surface area contributed by atoms with E-state index in [-0.39, 0.29) is 18.4 Å². The second-order valence-electron chi connectivity index (χ2n) is 5.12. The lowest BCUT2D eigenvalue weighted by atomic mass is 10.2. The third kappa shape index (κ3) is 6.00. The molecular formula is C18H19ClN2O4. The van der Waals surface area contributed by atoms with E-state index in [1.54, 1.807) is 42.5 Å². The minimum absolute atomic E-state index is 0.140. The Bertz CT molecular complexity index is 747. The van der Waals surface area contributed by atoms with Gasteiger partial charge in [-0.25, -0.2) is 0 Å². The van der Waals surface area contributed by atoms with Crippen molar-refractivity contribution >= 4 is 34.8 Å². The van der Waals surface area contributed by atoms with E-state index in [4.69, 9.17) is 21.1 Å². The first-order chi connectivity index (χ1) is 12.0. The number of ether oxygens (including phenoxy) is 2. The predicted octanol–water partition coefficient (Wildman–Crippen LogP) is 3.71. The van der Waals surface area contributed by atoms with Gasteiger partial charge in [0.25, 0.3) is 5.91 Å². The van der Waals surface area contributed by atoms with Crippen LogP contribution in [0.4, 0.5) is 11.4 Å². The molecule has 0 radical (unpaired) electrons. The van der Waals surface area contributed by atoms with E-state index in [2.05, 4.69) is 10.6 Å². The highest BCUT2D eigenvalue weighted by molar-refractivity contribution is 6.34. The Morgan fingerprint density at radius 3 is 2.20 bits per heavy atom. The molecule has 2 rings (SSSR count). The molecule has 0 aromatic heterocycles. The van der Waals surface area contributed by atoms with Crippen LogP contribution in [-0.4, -0.2) is 25.0 Å². The van der Waals surface area contributed by atoms with Crippen molar-refractivity contribution in [1.82, 2.24) is 0 Å². The number of amides is 2. The second kappa shape index (κ2) is 8.94. The van der Waals surface area contributed by atoms with Gasteiger partial charge in [-0.15, -0.1) is 0 Å². The maximum absolute atomic E-state index is 12.0. The van der Waals surface area contributed by atoms with Gasteiger partial charge in [0.15, 0.2) is 6.61 Å². The molecule has 0 saturated carbocycles. The molecule has 7 heteroatoms. The number of hydrogen-bond acceptors (Lipinski definition) is 4. The fraction of sp³-hybridized carbons (Fsp3) is 0.222. The fourth-order valence-corrected chi connectivity index (χ4v) is 2.26. The van der Waals surface area contributed by atoms with Crippen LogP contribution < -0.4 is 20.1 Å². The van der Waals surface area contributed by atoms with Gasteiger partial charge in [0, 0.05) is 12.6 Å². The second-order valence-corrected chi connectivity index (χ2v) is 5.52. The zero-order valence-corrected chi connectivity index (χ0v) is 14.7. The topological polar surface area (TPSA) is 76.7 Å². The summed E-state index contributed by atoms with van der Waals surface area (Å²) in [5, 5.41) is 5.61. The van der Waals surface area contributed by atoms with Crippen molar-refractivity contribution in [2.24, 2.45) is 0 Å². The van der Waals surface area contributed by atoms with Crippen molar-refractivity contribution in [3.8, 4) is 11.5 Å². The molecule has 0 bridgehead atoms. The van der Waals surface area contributed by atoms with E-state index in [9.17, 15) is 9.59 Å². The summed E-state index contributed by atoms with van der Waals surface area (Å²) in [7, 11) is 0. The molecule has 0 aliphatic rings. The molecule has 0 fully saturated rings. The zero-order chi connectivity index (χ0) is 18.2. The van der Waals surface area contributed by atoms with Crippen LogP contribution in [0.15, 0.2) is 42.5 Å². The molecular weight excluding hydrogens is 344 g/mol. The van der Waals surface area contributed by atoms with Crippen molar-refractivity contribution in [3.05, 3.63) is 47.5 Å². The van der Waals surface area contributed by atoms with Gasteiger partial charge >= 0.3 is 0 Å². The molecule has 2 N–H and O–H groups in total. The van der Waals surface area contributed by atoms with Crippen molar-refractivity contribution in [3.63, 3.8) is 0 Å². The molecule has 0 aliphatic heterocycles. The Morgan fingerprint density at radius 1 is 1.00 bits per heavy atom. The molecule has 2 aromatic carbocycles. The number of nitrogens with one attached hydrogen (secondary N) is 2. The number of benzene rings is 2. The van der Waals surface area contributed by atoms with Crippen LogP contribution >= 0.6 is 11.6 Å². The molecule has 25 heavy (non-hydrogen) atoms. The summed E-state index contributed by atoms with van der Waals surface area (Å²) in [4.78, 5) is 23.0. The molecule has 0 aliphatic carbocycles. The summed E-state index contributed by atoms with van der Waals surface area (Å²) in [6.45, 7) is 3.75. The fourth-order valence-electron chi connectivity index (χ4n) is 2.03. The molecule has 132 valence electrons. The van der Waals surface area contributed by atoms with E-state index >= 15 is 0 Å². The lowest BCUT2D eigenvalue weighted by molar-refractivity contribution is -0.118. The third-order valence-electron chi connectivity index (χ3n) is 3.07. The molecule has 2 aromatic rings. The summed E-state index contributed by atoms with van der Waals surface area (Å²) in [6.07, 6.45) is 0. The van der Waals surface area contributed by atoms with E-state index in [0.717, 1.165) is 5.75 Å². The highest BCUT2D eigenvalue weighted by Gasteiger charge is 2.07. The summed E-state index contributed by atoms with van der Waals surface area (Å²) >= 11 is 6.06. The Balaban J connectivity index is 1.87. The number of carbonyl (C=O) groups excluding carboxylic acids is 2. The quantitative estimate of drug-likeness (QED) is 0.787. The highest BCUT2D eigenvalue weighted by atomic mass is 35.5. The van der Waals surface area contributed by atoms with Crippen LogP contribution in [0.25, 0.3) is 0 Å². The molecule has 6 nitrogen and oxygen atoms in total. The van der Waals surface area contributed by atoms with Gasteiger partial charge in [-0.3, -0.25) is 9.59 Å². The smallest absolute Gasteiger partial charge is 0.262 e. The molecule has 0 unspecified atom stereocenters. The first-order valence-electron chi connectivity index (χ1n) is 7.70. The molecule has 0 atom stereocenters. The standard InChI is InChI=1S/C18H19ClN2O4/c1-3-24-14-5-7-15(8-6-14)25-11-18(23)21-13-4-9-17(16(19)10-13)20-12(2)22/h4-10H,3,11H2,1-2H3,(H,20,22)(H,21,23). The minimum atomic E-state index is -0.322. The number of halogens is 1. The largest absolute Gasteiger partial charge is 0.494 e. The van der Waals surface area contributed by atoms with Crippen molar-refractivity contribution < 1.29 is 19.1 Å². The zero-order valence-electron chi connectivity index (χ0n) is 14.0. The lowest BCUT2D eigenvalue weighted by Gasteiger charge is -2.10. The summed E-state index contributed by atoms with van der Waals surface area (Å²) < 4.78 is 10.8. The van der Waals surface area contributed by atoms with Crippen LogP contribution in [0.1, 0.15) is 13.8 Å². The number of rotatable bonds is 7. The van der Waals surface area contributed by atoms with Gasteiger partial charge < -0.3 is 20.1 Å². The number of anilines is 2. The van der Waals surface area contributed by atoms with Crippen LogP contribution in [0.3, 0.4) is 0 Å². The predicted molar refractivity (Wildman–Crippen MR) is 97.5 cm³/mol. The van der Waals surface area contributed by atoms with Crippen LogP contribution in [0, 0.1) is 0 Å². The number of hydrogen-bond donors (Lipinski definition) is 2. The molecule has 0 heterocycles. The van der Waals surface area contributed by atoms with Gasteiger partial charge in [-0.2, -0.15) is 0 Å². The first-order valence-corrected chi connectivity index (χ1v) is 8.08. The van der Waals surface area contributed by atoms with E-state index < -0.39 is 0 Å². The van der Waals surface area contributed by atoms with E-state index in [1.807, 2.05) is 6.92 Å². The van der Waals surface area contributed by atoms with Gasteiger partial charge in [0.2, 0.25) is 5.91 Å². The average molecular weight is 363 g/mol. The summed E-state index contributed by atoms with van der Waals surface area (Å²) in [5.41, 5.74) is 0.997. The molecule has 0 spiro atoms. The van der Waals surface area contributed by atoms with Crippen LogP contribution in [0.5, 0.6) is 11.5 Å². The van der Waals surface area contributed by atoms with E-state index in [0.29, 0.717) is 28.8 Å². The van der Waals surface area contributed by atoms with Crippen molar-refractivity contribution in [2.75, 3.05) is 23.8 Å². The highest BCUT2D eigenvalue weighted by Crippen LogP contribution is 2.25. The van der Waals surface area contributed by atoms with Gasteiger partial charge in [0.1, 0.15) is 11.5 Å². The maximum Gasteiger partial charge on any atom is 0.262 e. The first kappa shape index (κ1) is 18.6. The van der Waals surface area contributed by atoms with E-state index in [1.165, 1.54) is 6.92 Å². The Labute approximate surface area is 151 Å². The molecule has 0 saturated heterocycles. The average Bonchev–Trinajstić information content (AvgIpc) is 2.57. The monoisotopic (exact) mass is 362 g/mol. The molecule has 2 amide bonds. The van der Waals surface area contributed by atoms with Gasteiger partial charge in [-0.05, 0) is 49.4 Å². The summed E-state index contributed by atoms with van der Waals surface area (Å²) in [6, 6.07) is 11.8. The normalized spacial score (nSPS) is 10.0. The lowest BCUT2D eigenvalue weighted by Crippen LogP contribution is -2.20. The Morgan fingerprint density at radius 2 is 1.64 bits per heavy atom. The van der Waals surface area contributed by atoms with Crippen molar-refractivity contribution in [1.29, 1.82) is 0 Å². The Hall–Kier alpha value is -2.73. The minimum Gasteiger partial charge on any atom is -0.494 e. The SMILES string of the molecule is CCOc1ccc(OCC(=O)Nc2ccc(NC(C)=O)c(Cl)c2)cc1. The number of carbonyl (C=O) groups is 2. The van der Waals surface area contributed by atoms with Gasteiger partial charge in [-0.1, -0.05) is 11.6 Å². The maximum atomic E-state index is 12.0.